The molecule has 0 unspecified atom stereocenters. The largest absolute Gasteiger partial charge is 0.395 e. The van der Waals surface area contributed by atoms with Gasteiger partial charge < -0.3 is 10.4 Å². The summed E-state index contributed by atoms with van der Waals surface area (Å²) in [4.78, 5) is 22.7. The summed E-state index contributed by atoms with van der Waals surface area (Å²) in [6.45, 7) is 4.28. The Morgan fingerprint density at radius 1 is 1.28 bits per heavy atom. The maximum atomic E-state index is 12.2. The molecule has 3 rings (SSSR count). The van der Waals surface area contributed by atoms with E-state index in [1.165, 1.54) is 11.8 Å². The van der Waals surface area contributed by atoms with Crippen molar-refractivity contribution in [2.75, 3.05) is 13.2 Å². The number of rotatable bonds is 6. The van der Waals surface area contributed by atoms with Crippen molar-refractivity contribution in [3.8, 4) is 0 Å². The lowest BCUT2D eigenvalue weighted by atomic mass is 10.1. The highest BCUT2D eigenvalue weighted by atomic mass is 16.3. The lowest BCUT2D eigenvalue weighted by molar-refractivity contribution is 0.0945. The molecule has 6 heteroatoms. The fraction of sp³-hybridized carbons (Fsp3) is 0.421. The highest BCUT2D eigenvalue weighted by molar-refractivity contribution is 5.91. The predicted molar refractivity (Wildman–Crippen MR) is 94.9 cm³/mol. The van der Waals surface area contributed by atoms with Crippen LogP contribution in [0.4, 0.5) is 0 Å². The van der Waals surface area contributed by atoms with Crippen molar-refractivity contribution in [2.45, 2.75) is 38.9 Å². The fourth-order valence-electron chi connectivity index (χ4n) is 3.19. The predicted octanol–water partition coefficient (Wildman–Crippen LogP) is 1.67. The van der Waals surface area contributed by atoms with Gasteiger partial charge in [-0.25, -0.2) is 4.98 Å². The second kappa shape index (κ2) is 8.18. The van der Waals surface area contributed by atoms with Gasteiger partial charge in [0.2, 0.25) is 0 Å². The number of carbonyl (C=O) groups excluding carboxylic acids is 1. The number of benzene rings is 1. The molecular formula is C19H24N4O2. The highest BCUT2D eigenvalue weighted by Gasteiger charge is 2.24. The minimum absolute atomic E-state index is 0.199. The number of nitrogens with zero attached hydrogens (tertiary/aromatic N) is 3. The Kier molecular flexibility index (Phi) is 5.73. The summed E-state index contributed by atoms with van der Waals surface area (Å²) in [5, 5.41) is 12.4. The van der Waals surface area contributed by atoms with Gasteiger partial charge >= 0.3 is 0 Å². The Balaban J connectivity index is 1.64. The Bertz CT molecular complexity index is 718. The molecular weight excluding hydrogens is 316 g/mol. The molecule has 1 aliphatic rings. The molecule has 1 atom stereocenters. The average molecular weight is 340 g/mol. The van der Waals surface area contributed by atoms with E-state index in [1.54, 1.807) is 6.20 Å². The van der Waals surface area contributed by atoms with Crippen molar-refractivity contribution in [3.05, 3.63) is 59.2 Å². The lowest BCUT2D eigenvalue weighted by Gasteiger charge is -2.24. The monoisotopic (exact) mass is 340 g/mol. The molecule has 1 aromatic heterocycles. The van der Waals surface area contributed by atoms with Gasteiger partial charge in [-0.3, -0.25) is 14.7 Å². The molecule has 0 saturated carbocycles. The number of aromatic nitrogens is 2. The number of aliphatic hydroxyl groups excluding tert-OH is 1. The molecule has 1 aromatic carbocycles. The number of aliphatic hydroxyl groups is 1. The number of hydrogen-bond donors (Lipinski definition) is 2. The van der Waals surface area contributed by atoms with Crippen LogP contribution in [0.15, 0.2) is 36.7 Å². The number of hydrogen-bond acceptors (Lipinski definition) is 5. The standard InChI is InChI=1S/C19H24N4O2/c1-14-9-21-18(11-20-14)19(25)22-10-15-5-2-3-6-16(15)12-23-8-4-7-17(23)13-24/h2-3,5-6,9,11,17,24H,4,7-8,10,12-13H2,1H3,(H,22,25)/t17-/m1/s1. The minimum atomic E-state index is -0.225. The third-order valence-corrected chi connectivity index (χ3v) is 4.65. The lowest BCUT2D eigenvalue weighted by Crippen LogP contribution is -2.32. The number of carbonyl (C=O) groups is 1. The first-order chi connectivity index (χ1) is 12.2. The Hall–Kier alpha value is -2.31. The van der Waals surface area contributed by atoms with E-state index >= 15 is 0 Å². The van der Waals surface area contributed by atoms with Gasteiger partial charge in [-0.2, -0.15) is 0 Å². The normalized spacial score (nSPS) is 17.6. The van der Waals surface area contributed by atoms with Gasteiger partial charge in [0.25, 0.3) is 5.91 Å². The van der Waals surface area contributed by atoms with Crippen LogP contribution in [-0.2, 0) is 13.1 Å². The van der Waals surface area contributed by atoms with E-state index in [-0.39, 0.29) is 18.6 Å². The molecule has 0 bridgehead atoms. The molecule has 0 aliphatic carbocycles. The summed E-state index contributed by atoms with van der Waals surface area (Å²) in [5.41, 5.74) is 3.37. The zero-order chi connectivity index (χ0) is 17.6. The first-order valence-corrected chi connectivity index (χ1v) is 8.66. The van der Waals surface area contributed by atoms with E-state index in [0.29, 0.717) is 12.2 Å². The van der Waals surface area contributed by atoms with Gasteiger partial charge in [0, 0.05) is 25.3 Å². The second-order valence-electron chi connectivity index (χ2n) is 6.44. The van der Waals surface area contributed by atoms with Crippen LogP contribution in [-0.4, -0.2) is 45.1 Å². The number of likely N-dealkylation sites (tertiary alicyclic amines) is 1. The van der Waals surface area contributed by atoms with Gasteiger partial charge in [-0.1, -0.05) is 24.3 Å². The highest BCUT2D eigenvalue weighted by Crippen LogP contribution is 2.21. The van der Waals surface area contributed by atoms with Crippen LogP contribution in [0.2, 0.25) is 0 Å². The van der Waals surface area contributed by atoms with Crippen LogP contribution in [0, 0.1) is 6.92 Å². The maximum Gasteiger partial charge on any atom is 0.271 e. The smallest absolute Gasteiger partial charge is 0.271 e. The quantitative estimate of drug-likeness (QED) is 0.836. The maximum absolute atomic E-state index is 12.2. The van der Waals surface area contributed by atoms with Gasteiger partial charge in [-0.15, -0.1) is 0 Å². The molecule has 1 amide bonds. The molecule has 25 heavy (non-hydrogen) atoms. The van der Waals surface area contributed by atoms with Crippen molar-refractivity contribution in [2.24, 2.45) is 0 Å². The summed E-state index contributed by atoms with van der Waals surface area (Å²) in [6.07, 6.45) is 5.25. The number of aryl methyl sites for hydroxylation is 1. The third-order valence-electron chi connectivity index (χ3n) is 4.65. The molecule has 1 fully saturated rings. The van der Waals surface area contributed by atoms with E-state index in [1.807, 2.05) is 25.1 Å². The van der Waals surface area contributed by atoms with Gasteiger partial charge in [0.15, 0.2) is 0 Å². The van der Waals surface area contributed by atoms with E-state index in [9.17, 15) is 9.90 Å². The van der Waals surface area contributed by atoms with Crippen LogP contribution >= 0.6 is 0 Å². The molecule has 6 nitrogen and oxygen atoms in total. The third kappa shape index (κ3) is 4.41. The van der Waals surface area contributed by atoms with Crippen LogP contribution in [0.25, 0.3) is 0 Å². The van der Waals surface area contributed by atoms with Gasteiger partial charge in [-0.05, 0) is 37.4 Å². The zero-order valence-corrected chi connectivity index (χ0v) is 14.5. The average Bonchev–Trinajstić information content (AvgIpc) is 3.08. The van der Waals surface area contributed by atoms with Crippen molar-refractivity contribution >= 4 is 5.91 Å². The molecule has 1 saturated heterocycles. The van der Waals surface area contributed by atoms with Crippen molar-refractivity contribution in [1.29, 1.82) is 0 Å². The van der Waals surface area contributed by atoms with Crippen LogP contribution in [0.3, 0.4) is 0 Å². The summed E-state index contributed by atoms with van der Waals surface area (Å²) >= 11 is 0. The zero-order valence-electron chi connectivity index (χ0n) is 14.5. The SMILES string of the molecule is Cc1cnc(C(=O)NCc2ccccc2CN2CCC[C@@H]2CO)cn1. The Morgan fingerprint density at radius 3 is 2.80 bits per heavy atom. The van der Waals surface area contributed by atoms with Gasteiger partial charge in [0.05, 0.1) is 18.5 Å². The second-order valence-corrected chi connectivity index (χ2v) is 6.44. The first-order valence-electron chi connectivity index (χ1n) is 8.66. The minimum Gasteiger partial charge on any atom is -0.395 e. The summed E-state index contributed by atoms with van der Waals surface area (Å²) < 4.78 is 0. The molecule has 2 aromatic rings. The summed E-state index contributed by atoms with van der Waals surface area (Å²) in [6, 6.07) is 8.34. The molecule has 2 heterocycles. The van der Waals surface area contributed by atoms with Crippen molar-refractivity contribution in [3.63, 3.8) is 0 Å². The molecule has 0 spiro atoms. The number of amides is 1. The topological polar surface area (TPSA) is 78.4 Å². The summed E-state index contributed by atoms with van der Waals surface area (Å²) in [5.74, 6) is -0.225. The number of nitrogens with one attached hydrogen (secondary N) is 1. The fourth-order valence-corrected chi connectivity index (χ4v) is 3.19. The molecule has 132 valence electrons. The van der Waals surface area contributed by atoms with E-state index in [2.05, 4.69) is 26.3 Å². The van der Waals surface area contributed by atoms with Crippen LogP contribution in [0.5, 0.6) is 0 Å². The molecule has 2 N–H and O–H groups in total. The van der Waals surface area contributed by atoms with Gasteiger partial charge in [0.1, 0.15) is 5.69 Å². The summed E-state index contributed by atoms with van der Waals surface area (Å²) in [7, 11) is 0. The van der Waals surface area contributed by atoms with E-state index < -0.39 is 0 Å². The van der Waals surface area contributed by atoms with E-state index in [0.717, 1.165) is 37.2 Å². The van der Waals surface area contributed by atoms with Crippen molar-refractivity contribution in [1.82, 2.24) is 20.2 Å². The molecule has 0 radical (unpaired) electrons. The van der Waals surface area contributed by atoms with Crippen LogP contribution in [0.1, 0.15) is 40.2 Å². The van der Waals surface area contributed by atoms with Crippen LogP contribution < -0.4 is 5.32 Å². The first kappa shape index (κ1) is 17.5. The Labute approximate surface area is 147 Å². The molecule has 1 aliphatic heterocycles. The Morgan fingerprint density at radius 2 is 2.08 bits per heavy atom. The van der Waals surface area contributed by atoms with Crippen molar-refractivity contribution < 1.29 is 9.90 Å². The van der Waals surface area contributed by atoms with E-state index in [4.69, 9.17) is 0 Å².